The molecule has 2 aromatic rings. The fraction of sp³-hybridized carbons (Fsp3) is 0.417. The Hall–Kier alpha value is -2.15. The molecule has 100 valence electrons. The summed E-state index contributed by atoms with van der Waals surface area (Å²) in [5.74, 6) is -0.339. The quantitative estimate of drug-likeness (QED) is 0.838. The second-order valence-electron chi connectivity index (χ2n) is 4.75. The Bertz CT molecular complexity index is 598. The molecule has 0 spiro atoms. The topological polar surface area (TPSA) is 107 Å². The van der Waals surface area contributed by atoms with Crippen LogP contribution < -0.4 is 5.73 Å². The number of carbonyl (C=O) groups is 1. The van der Waals surface area contributed by atoms with Gasteiger partial charge in [0.15, 0.2) is 5.69 Å². The van der Waals surface area contributed by atoms with E-state index in [1.807, 2.05) is 10.9 Å². The van der Waals surface area contributed by atoms with Crippen LogP contribution in [-0.2, 0) is 6.61 Å². The van der Waals surface area contributed by atoms with Gasteiger partial charge in [0.25, 0.3) is 5.91 Å². The molecule has 7 nitrogen and oxygen atoms in total. The van der Waals surface area contributed by atoms with Crippen molar-refractivity contribution in [1.29, 1.82) is 0 Å². The van der Waals surface area contributed by atoms with E-state index in [1.54, 1.807) is 6.07 Å². The number of hydrogen-bond donors (Lipinski definition) is 2. The third-order valence-electron chi connectivity index (χ3n) is 3.58. The highest BCUT2D eigenvalue weighted by molar-refractivity contribution is 5.92. The number of carbonyl (C=O) groups excluding carboxylic acids is 1. The predicted molar refractivity (Wildman–Crippen MR) is 64.2 cm³/mol. The molecule has 0 bridgehead atoms. The maximum atomic E-state index is 11.2. The molecule has 0 radical (unpaired) electrons. The van der Waals surface area contributed by atoms with Gasteiger partial charge < -0.3 is 15.4 Å². The molecule has 1 saturated carbocycles. The Balaban J connectivity index is 1.69. The Morgan fingerprint density at radius 1 is 1.58 bits per heavy atom. The van der Waals surface area contributed by atoms with Crippen molar-refractivity contribution in [2.45, 2.75) is 31.4 Å². The largest absolute Gasteiger partial charge is 0.390 e. The molecule has 2 aromatic heterocycles. The van der Waals surface area contributed by atoms with Gasteiger partial charge in [-0.1, -0.05) is 5.16 Å². The van der Waals surface area contributed by atoms with Gasteiger partial charge in [-0.25, -0.2) is 0 Å². The SMILES string of the molecule is NC(=O)c1nocc1C1CC(n2ccc(CO)n2)C1. The highest BCUT2D eigenvalue weighted by Crippen LogP contribution is 2.45. The van der Waals surface area contributed by atoms with Crippen LogP contribution in [0.3, 0.4) is 0 Å². The molecule has 0 unspecified atom stereocenters. The highest BCUT2D eigenvalue weighted by atomic mass is 16.5. The second-order valence-corrected chi connectivity index (χ2v) is 4.75. The summed E-state index contributed by atoms with van der Waals surface area (Å²) in [5.41, 5.74) is 6.89. The minimum absolute atomic E-state index is 0.0549. The lowest BCUT2D eigenvalue weighted by molar-refractivity contribution is 0.0989. The summed E-state index contributed by atoms with van der Waals surface area (Å²) in [7, 11) is 0. The van der Waals surface area contributed by atoms with Crippen LogP contribution in [0.2, 0.25) is 0 Å². The third-order valence-corrected chi connectivity index (χ3v) is 3.58. The molecular formula is C12H14N4O3. The van der Waals surface area contributed by atoms with E-state index in [2.05, 4.69) is 10.3 Å². The van der Waals surface area contributed by atoms with E-state index in [1.165, 1.54) is 6.26 Å². The lowest BCUT2D eigenvalue weighted by Gasteiger charge is -2.34. The molecule has 0 aliphatic heterocycles. The van der Waals surface area contributed by atoms with Gasteiger partial charge in [0.2, 0.25) is 0 Å². The first-order valence-corrected chi connectivity index (χ1v) is 6.08. The number of nitrogens with zero attached hydrogens (tertiary/aromatic N) is 3. The van der Waals surface area contributed by atoms with E-state index in [4.69, 9.17) is 15.4 Å². The summed E-state index contributed by atoms with van der Waals surface area (Å²) in [6, 6.07) is 2.07. The first kappa shape index (κ1) is 11.9. The summed E-state index contributed by atoms with van der Waals surface area (Å²) < 4.78 is 6.67. The molecule has 1 amide bonds. The number of nitrogens with two attached hydrogens (primary N) is 1. The number of aliphatic hydroxyl groups is 1. The molecule has 0 aromatic carbocycles. The summed E-state index contributed by atoms with van der Waals surface area (Å²) >= 11 is 0. The van der Waals surface area contributed by atoms with Gasteiger partial charge in [0.1, 0.15) is 6.26 Å². The predicted octanol–water partition coefficient (Wildman–Crippen LogP) is 0.581. The monoisotopic (exact) mass is 262 g/mol. The molecule has 1 fully saturated rings. The van der Waals surface area contributed by atoms with Crippen LogP contribution in [-0.4, -0.2) is 26.0 Å². The molecular weight excluding hydrogens is 248 g/mol. The maximum Gasteiger partial charge on any atom is 0.271 e. The van der Waals surface area contributed by atoms with Crippen molar-refractivity contribution in [2.24, 2.45) is 5.73 Å². The molecule has 1 aliphatic carbocycles. The molecule has 7 heteroatoms. The minimum atomic E-state index is -0.561. The van der Waals surface area contributed by atoms with Crippen molar-refractivity contribution >= 4 is 5.91 Å². The van der Waals surface area contributed by atoms with Crippen LogP contribution in [0.25, 0.3) is 0 Å². The number of rotatable bonds is 4. The van der Waals surface area contributed by atoms with E-state index in [9.17, 15) is 4.79 Å². The molecule has 19 heavy (non-hydrogen) atoms. The van der Waals surface area contributed by atoms with Gasteiger partial charge in [-0.05, 0) is 24.8 Å². The van der Waals surface area contributed by atoms with E-state index in [0.29, 0.717) is 5.69 Å². The normalized spacial score (nSPS) is 22.2. The number of amides is 1. The van der Waals surface area contributed by atoms with Crippen LogP contribution in [0.15, 0.2) is 23.0 Å². The third kappa shape index (κ3) is 2.01. The zero-order valence-corrected chi connectivity index (χ0v) is 10.2. The lowest BCUT2D eigenvalue weighted by Crippen LogP contribution is -2.27. The van der Waals surface area contributed by atoms with Crippen molar-refractivity contribution < 1.29 is 14.4 Å². The summed E-state index contributed by atoms with van der Waals surface area (Å²) in [5, 5.41) is 16.9. The Labute approximate surface area is 109 Å². The summed E-state index contributed by atoms with van der Waals surface area (Å²) in [4.78, 5) is 11.2. The van der Waals surface area contributed by atoms with Gasteiger partial charge in [-0.2, -0.15) is 5.10 Å². The van der Waals surface area contributed by atoms with Crippen molar-refractivity contribution in [3.05, 3.63) is 35.5 Å². The standard InChI is InChI=1S/C12H14N4O3/c13-12(18)11-10(6-19-15-11)7-3-9(4-7)16-2-1-8(5-17)14-16/h1-2,6-7,9,17H,3-5H2,(H2,13,18). The van der Waals surface area contributed by atoms with Gasteiger partial charge in [-0.3, -0.25) is 9.48 Å². The Morgan fingerprint density at radius 2 is 2.37 bits per heavy atom. The van der Waals surface area contributed by atoms with Crippen molar-refractivity contribution in [3.8, 4) is 0 Å². The Morgan fingerprint density at radius 3 is 3.00 bits per heavy atom. The fourth-order valence-corrected chi connectivity index (χ4v) is 2.44. The smallest absolute Gasteiger partial charge is 0.271 e. The molecule has 2 heterocycles. The maximum absolute atomic E-state index is 11.2. The first-order chi connectivity index (χ1) is 9.19. The van der Waals surface area contributed by atoms with Crippen molar-refractivity contribution in [3.63, 3.8) is 0 Å². The number of aromatic nitrogens is 3. The van der Waals surface area contributed by atoms with E-state index in [-0.39, 0.29) is 24.3 Å². The molecule has 3 rings (SSSR count). The van der Waals surface area contributed by atoms with E-state index >= 15 is 0 Å². The molecule has 0 saturated heterocycles. The van der Waals surface area contributed by atoms with Gasteiger partial charge >= 0.3 is 0 Å². The number of primary amides is 1. The number of aliphatic hydroxyl groups excluding tert-OH is 1. The average molecular weight is 262 g/mol. The molecule has 0 atom stereocenters. The van der Waals surface area contributed by atoms with Crippen LogP contribution in [0.1, 0.15) is 46.5 Å². The zero-order valence-electron chi connectivity index (χ0n) is 10.2. The van der Waals surface area contributed by atoms with Crippen molar-refractivity contribution in [2.75, 3.05) is 0 Å². The lowest BCUT2D eigenvalue weighted by atomic mass is 9.76. The minimum Gasteiger partial charge on any atom is -0.390 e. The summed E-state index contributed by atoms with van der Waals surface area (Å²) in [6.45, 7) is -0.0549. The van der Waals surface area contributed by atoms with E-state index in [0.717, 1.165) is 18.4 Å². The van der Waals surface area contributed by atoms with Gasteiger partial charge in [-0.15, -0.1) is 0 Å². The zero-order chi connectivity index (χ0) is 13.4. The van der Waals surface area contributed by atoms with Crippen LogP contribution in [0.5, 0.6) is 0 Å². The highest BCUT2D eigenvalue weighted by Gasteiger charge is 2.35. The molecule has 3 N–H and O–H groups in total. The molecule has 1 aliphatic rings. The van der Waals surface area contributed by atoms with Crippen LogP contribution in [0, 0.1) is 0 Å². The average Bonchev–Trinajstić information content (AvgIpc) is 2.95. The first-order valence-electron chi connectivity index (χ1n) is 6.08. The van der Waals surface area contributed by atoms with Crippen LogP contribution in [0.4, 0.5) is 0 Å². The fourth-order valence-electron chi connectivity index (χ4n) is 2.44. The van der Waals surface area contributed by atoms with Crippen molar-refractivity contribution in [1.82, 2.24) is 14.9 Å². The number of hydrogen-bond acceptors (Lipinski definition) is 5. The van der Waals surface area contributed by atoms with Crippen LogP contribution >= 0.6 is 0 Å². The van der Waals surface area contributed by atoms with Gasteiger partial charge in [0.05, 0.1) is 18.3 Å². The Kier molecular flexibility index (Phi) is 2.83. The van der Waals surface area contributed by atoms with E-state index < -0.39 is 5.91 Å². The van der Waals surface area contributed by atoms with Gasteiger partial charge in [0, 0.05) is 11.8 Å². The summed E-state index contributed by atoms with van der Waals surface area (Å²) in [6.07, 6.45) is 5.06. The second kappa shape index (κ2) is 4.51.